The molecular formula is C23H15Cl2NO2. The Morgan fingerprint density at radius 3 is 2.43 bits per heavy atom. The lowest BCUT2D eigenvalue weighted by molar-refractivity contribution is 0.0475. The normalized spacial score (nSPS) is 10.8. The minimum atomic E-state index is -0.429. The molecule has 0 radical (unpaired) electrons. The molecule has 0 aliphatic carbocycles. The van der Waals surface area contributed by atoms with Crippen LogP contribution in [0.4, 0.5) is 0 Å². The van der Waals surface area contributed by atoms with Gasteiger partial charge in [-0.3, -0.25) is 0 Å². The van der Waals surface area contributed by atoms with Crippen LogP contribution >= 0.6 is 23.2 Å². The number of pyridine rings is 1. The topological polar surface area (TPSA) is 39.2 Å². The molecule has 28 heavy (non-hydrogen) atoms. The van der Waals surface area contributed by atoms with Crippen LogP contribution in [0.2, 0.25) is 10.0 Å². The molecule has 0 amide bonds. The fourth-order valence-corrected chi connectivity index (χ4v) is 3.42. The third-order valence-electron chi connectivity index (χ3n) is 4.38. The Morgan fingerprint density at radius 2 is 1.64 bits per heavy atom. The molecule has 1 heterocycles. The van der Waals surface area contributed by atoms with E-state index in [1.54, 1.807) is 24.3 Å². The van der Waals surface area contributed by atoms with Gasteiger partial charge in [-0.15, -0.1) is 0 Å². The van der Waals surface area contributed by atoms with Crippen LogP contribution in [0.15, 0.2) is 78.9 Å². The number of para-hydroxylation sites is 1. The van der Waals surface area contributed by atoms with Gasteiger partial charge in [-0.2, -0.15) is 0 Å². The molecule has 0 unspecified atom stereocenters. The fourth-order valence-electron chi connectivity index (χ4n) is 2.96. The summed E-state index contributed by atoms with van der Waals surface area (Å²) in [5, 5.41) is 1.74. The van der Waals surface area contributed by atoms with E-state index in [1.807, 2.05) is 54.6 Å². The van der Waals surface area contributed by atoms with Gasteiger partial charge >= 0.3 is 5.97 Å². The number of esters is 1. The molecule has 3 nitrogen and oxygen atoms in total. The van der Waals surface area contributed by atoms with Gasteiger partial charge in [0.25, 0.3) is 0 Å². The summed E-state index contributed by atoms with van der Waals surface area (Å²) in [5.41, 5.74) is 3.55. The van der Waals surface area contributed by atoms with E-state index < -0.39 is 5.97 Å². The molecule has 0 fully saturated rings. The van der Waals surface area contributed by atoms with Gasteiger partial charge in [0.05, 0.1) is 16.8 Å². The zero-order valence-electron chi connectivity index (χ0n) is 14.7. The Balaban J connectivity index is 1.69. The van der Waals surface area contributed by atoms with Gasteiger partial charge in [-0.05, 0) is 24.3 Å². The van der Waals surface area contributed by atoms with E-state index in [2.05, 4.69) is 4.98 Å². The van der Waals surface area contributed by atoms with Crippen molar-refractivity contribution in [3.63, 3.8) is 0 Å². The molecule has 0 N–H and O–H groups in total. The second-order valence-electron chi connectivity index (χ2n) is 6.25. The predicted octanol–water partition coefficient (Wildman–Crippen LogP) is 6.57. The van der Waals surface area contributed by atoms with E-state index in [0.717, 1.165) is 22.2 Å². The van der Waals surface area contributed by atoms with Crippen LogP contribution < -0.4 is 0 Å². The molecular weight excluding hydrogens is 393 g/mol. The van der Waals surface area contributed by atoms with Crippen molar-refractivity contribution in [1.82, 2.24) is 4.98 Å². The van der Waals surface area contributed by atoms with E-state index in [4.69, 9.17) is 27.9 Å². The largest absolute Gasteiger partial charge is 0.457 e. The number of ether oxygens (including phenoxy) is 1. The molecule has 5 heteroatoms. The maximum atomic E-state index is 12.9. The van der Waals surface area contributed by atoms with Crippen molar-refractivity contribution in [2.45, 2.75) is 6.61 Å². The van der Waals surface area contributed by atoms with Crippen LogP contribution in [0.3, 0.4) is 0 Å². The van der Waals surface area contributed by atoms with Crippen molar-refractivity contribution < 1.29 is 9.53 Å². The first-order valence-corrected chi connectivity index (χ1v) is 9.44. The number of benzene rings is 3. The van der Waals surface area contributed by atoms with Gasteiger partial charge in [0.2, 0.25) is 0 Å². The summed E-state index contributed by atoms with van der Waals surface area (Å²) in [4.78, 5) is 17.6. The maximum Gasteiger partial charge on any atom is 0.339 e. The minimum Gasteiger partial charge on any atom is -0.457 e. The van der Waals surface area contributed by atoms with Gasteiger partial charge in [-0.1, -0.05) is 77.8 Å². The molecule has 138 valence electrons. The average Bonchev–Trinajstić information content (AvgIpc) is 2.72. The van der Waals surface area contributed by atoms with Crippen molar-refractivity contribution >= 4 is 40.1 Å². The quantitative estimate of drug-likeness (QED) is 0.359. The van der Waals surface area contributed by atoms with Crippen molar-refractivity contribution in [3.8, 4) is 11.3 Å². The second kappa shape index (κ2) is 8.01. The van der Waals surface area contributed by atoms with Crippen LogP contribution in [-0.2, 0) is 11.3 Å². The molecule has 3 aromatic carbocycles. The van der Waals surface area contributed by atoms with Gasteiger partial charge in [0.15, 0.2) is 0 Å². The number of hydrogen-bond acceptors (Lipinski definition) is 3. The number of rotatable bonds is 4. The molecule has 0 saturated carbocycles. The Kier molecular flexibility index (Phi) is 5.29. The number of aromatic nitrogens is 1. The zero-order valence-corrected chi connectivity index (χ0v) is 16.2. The Morgan fingerprint density at radius 1 is 0.893 bits per heavy atom. The lowest BCUT2D eigenvalue weighted by atomic mass is 10.0. The van der Waals surface area contributed by atoms with Crippen LogP contribution in [0.1, 0.15) is 15.9 Å². The van der Waals surface area contributed by atoms with E-state index in [9.17, 15) is 4.79 Å². The summed E-state index contributed by atoms with van der Waals surface area (Å²) in [6.07, 6.45) is 0. The highest BCUT2D eigenvalue weighted by Gasteiger charge is 2.16. The molecule has 0 aliphatic rings. The van der Waals surface area contributed by atoms with Crippen LogP contribution in [0, 0.1) is 0 Å². The van der Waals surface area contributed by atoms with Gasteiger partial charge in [0, 0.05) is 26.6 Å². The number of carbonyl (C=O) groups excluding carboxylic acids is 1. The summed E-state index contributed by atoms with van der Waals surface area (Å²) in [7, 11) is 0. The van der Waals surface area contributed by atoms with E-state index in [0.29, 0.717) is 21.2 Å². The molecule has 1 aromatic heterocycles. The molecule has 0 aliphatic heterocycles. The zero-order chi connectivity index (χ0) is 19.5. The van der Waals surface area contributed by atoms with E-state index >= 15 is 0 Å². The van der Waals surface area contributed by atoms with Crippen LogP contribution in [-0.4, -0.2) is 11.0 Å². The Hall–Kier alpha value is -2.88. The number of halogens is 2. The number of hydrogen-bond donors (Lipinski definition) is 0. The van der Waals surface area contributed by atoms with Gasteiger partial charge in [0.1, 0.15) is 6.61 Å². The predicted molar refractivity (Wildman–Crippen MR) is 113 cm³/mol. The number of carbonyl (C=O) groups is 1. The first-order chi connectivity index (χ1) is 13.6. The maximum absolute atomic E-state index is 12.9. The third kappa shape index (κ3) is 3.86. The third-order valence-corrected chi connectivity index (χ3v) is 4.97. The van der Waals surface area contributed by atoms with Crippen molar-refractivity contribution in [2.75, 3.05) is 0 Å². The summed E-state index contributed by atoms with van der Waals surface area (Å²) in [5.74, 6) is -0.429. The summed E-state index contributed by atoms with van der Waals surface area (Å²) in [6.45, 7) is 0.0617. The summed E-state index contributed by atoms with van der Waals surface area (Å²) in [6, 6.07) is 24.1. The van der Waals surface area contributed by atoms with E-state index in [1.165, 1.54) is 0 Å². The standard InChI is InChI=1S/C23H15Cl2NO2/c24-17-11-10-16(20(25)12-17)14-28-23(27)19-13-22(15-6-2-1-3-7-15)26-21-9-5-4-8-18(19)21/h1-13H,14H2. The molecule has 4 rings (SSSR count). The molecule has 4 aromatic rings. The van der Waals surface area contributed by atoms with Crippen LogP contribution in [0.5, 0.6) is 0 Å². The Labute approximate surface area is 172 Å². The SMILES string of the molecule is O=C(OCc1ccc(Cl)cc1Cl)c1cc(-c2ccccc2)nc2ccccc12. The summed E-state index contributed by atoms with van der Waals surface area (Å²) < 4.78 is 5.54. The minimum absolute atomic E-state index is 0.0617. The van der Waals surface area contributed by atoms with Crippen molar-refractivity contribution in [3.05, 3.63) is 100 Å². The van der Waals surface area contributed by atoms with Crippen molar-refractivity contribution in [1.29, 1.82) is 0 Å². The lowest BCUT2D eigenvalue weighted by Crippen LogP contribution is -2.07. The Bertz CT molecular complexity index is 1160. The molecule has 0 bridgehead atoms. The van der Waals surface area contributed by atoms with Gasteiger partial charge in [-0.25, -0.2) is 9.78 Å². The smallest absolute Gasteiger partial charge is 0.339 e. The van der Waals surface area contributed by atoms with Crippen molar-refractivity contribution in [2.24, 2.45) is 0 Å². The highest BCUT2D eigenvalue weighted by molar-refractivity contribution is 6.35. The van der Waals surface area contributed by atoms with E-state index in [-0.39, 0.29) is 6.61 Å². The number of fused-ring (bicyclic) bond motifs is 1. The first-order valence-electron chi connectivity index (χ1n) is 8.68. The molecule has 0 spiro atoms. The lowest BCUT2D eigenvalue weighted by Gasteiger charge is -2.11. The second-order valence-corrected chi connectivity index (χ2v) is 7.09. The summed E-state index contributed by atoms with van der Waals surface area (Å²) >= 11 is 12.1. The molecule has 0 saturated heterocycles. The highest BCUT2D eigenvalue weighted by atomic mass is 35.5. The fraction of sp³-hybridized carbons (Fsp3) is 0.0435. The monoisotopic (exact) mass is 407 g/mol. The van der Waals surface area contributed by atoms with Gasteiger partial charge < -0.3 is 4.74 Å². The average molecular weight is 408 g/mol. The highest BCUT2D eigenvalue weighted by Crippen LogP contribution is 2.26. The molecule has 0 atom stereocenters. The van der Waals surface area contributed by atoms with Crippen LogP contribution in [0.25, 0.3) is 22.2 Å². The first kappa shape index (κ1) is 18.5. The number of nitrogens with zero attached hydrogens (tertiary/aromatic N) is 1.